The van der Waals surface area contributed by atoms with Crippen LogP contribution in [0.2, 0.25) is 0 Å². The highest BCUT2D eigenvalue weighted by Gasteiger charge is 2.12. The van der Waals surface area contributed by atoms with Crippen LogP contribution in [0.3, 0.4) is 0 Å². The molecule has 4 N–H and O–H groups in total. The van der Waals surface area contributed by atoms with Crippen molar-refractivity contribution in [3.8, 4) is 11.8 Å². The summed E-state index contributed by atoms with van der Waals surface area (Å²) in [5.74, 6) is 6.12. The van der Waals surface area contributed by atoms with Crippen molar-refractivity contribution in [2.45, 2.75) is 9.79 Å². The maximum absolute atomic E-state index is 12.3. The van der Waals surface area contributed by atoms with Crippen molar-refractivity contribution in [2.24, 2.45) is 0 Å². The lowest BCUT2D eigenvalue weighted by Crippen LogP contribution is -2.31. The first-order valence-electron chi connectivity index (χ1n) is 14.4. The molecule has 1 aromatic heterocycles. The summed E-state index contributed by atoms with van der Waals surface area (Å²) in [6.07, 6.45) is 0. The highest BCUT2D eigenvalue weighted by atomic mass is 32.2. The Hall–Kier alpha value is -4.38. The van der Waals surface area contributed by atoms with Crippen LogP contribution < -0.4 is 16.0 Å². The van der Waals surface area contributed by atoms with Gasteiger partial charge in [0.25, 0.3) is 5.91 Å². The Morgan fingerprint density at radius 3 is 2.40 bits per heavy atom. The Balaban J connectivity index is 1.23. The van der Waals surface area contributed by atoms with Gasteiger partial charge < -0.3 is 34.9 Å². The van der Waals surface area contributed by atoms with E-state index >= 15 is 0 Å². The van der Waals surface area contributed by atoms with Gasteiger partial charge in [0.15, 0.2) is 0 Å². The molecule has 0 saturated heterocycles. The predicted molar refractivity (Wildman–Crippen MR) is 174 cm³/mol. The molecular formula is C33H37N5O6S. The Labute approximate surface area is 266 Å². The Kier molecular flexibility index (Phi) is 13.7. The summed E-state index contributed by atoms with van der Waals surface area (Å²) in [5.41, 5.74) is 3.43. The summed E-state index contributed by atoms with van der Waals surface area (Å²) in [7, 11) is 3.25. The number of nitrogens with zero attached hydrogens (tertiary/aromatic N) is 1. The van der Waals surface area contributed by atoms with Gasteiger partial charge in [0.05, 0.1) is 57.3 Å². The van der Waals surface area contributed by atoms with E-state index in [9.17, 15) is 9.59 Å². The van der Waals surface area contributed by atoms with Crippen LogP contribution in [0.4, 0.5) is 10.5 Å². The molecule has 0 fully saturated rings. The van der Waals surface area contributed by atoms with E-state index in [0.717, 1.165) is 26.3 Å². The standard InChI is InChI=1S/C33H37N5O6S/c1-34-32(39)28-8-3-4-9-31(28)45-26-11-12-27-29(37-38-30(27)23-26)13-10-24-6-5-7-25(22-24)36-33(40)35-14-15-42-18-19-44-21-20-43-17-16-41-2/h3-9,11-12,22-23H,14-21H2,1-2H3,(H,34,39)(H,37,38)(H2,35,36,40). The van der Waals surface area contributed by atoms with Gasteiger partial charge in [-0.2, -0.15) is 5.10 Å². The lowest BCUT2D eigenvalue weighted by molar-refractivity contribution is 0.00431. The van der Waals surface area contributed by atoms with Gasteiger partial charge in [-0.1, -0.05) is 35.9 Å². The average Bonchev–Trinajstić information content (AvgIpc) is 3.46. The second kappa shape index (κ2) is 18.4. The topological polar surface area (TPSA) is 136 Å². The van der Waals surface area contributed by atoms with Crippen LogP contribution in [0.25, 0.3) is 10.9 Å². The predicted octanol–water partition coefficient (Wildman–Crippen LogP) is 4.29. The molecular weight excluding hydrogens is 594 g/mol. The zero-order valence-corrected chi connectivity index (χ0v) is 26.1. The molecule has 4 aromatic rings. The molecule has 0 atom stereocenters. The smallest absolute Gasteiger partial charge is 0.319 e. The minimum absolute atomic E-state index is 0.127. The zero-order valence-electron chi connectivity index (χ0n) is 25.3. The highest BCUT2D eigenvalue weighted by molar-refractivity contribution is 7.99. The number of ether oxygens (including phenoxy) is 4. The van der Waals surface area contributed by atoms with Crippen molar-refractivity contribution in [1.82, 2.24) is 20.8 Å². The first-order chi connectivity index (χ1) is 22.1. The van der Waals surface area contributed by atoms with Gasteiger partial charge >= 0.3 is 6.03 Å². The second-order valence-corrected chi connectivity index (χ2v) is 10.6. The minimum atomic E-state index is -0.335. The van der Waals surface area contributed by atoms with Crippen molar-refractivity contribution in [1.29, 1.82) is 0 Å². The number of rotatable bonds is 16. The number of urea groups is 1. The molecule has 0 saturated carbocycles. The number of amides is 3. The summed E-state index contributed by atoms with van der Waals surface area (Å²) in [6, 6.07) is 20.4. The molecule has 0 radical (unpaired) electrons. The van der Waals surface area contributed by atoms with Crippen molar-refractivity contribution in [2.75, 3.05) is 72.3 Å². The molecule has 4 rings (SSSR count). The third-order valence-electron chi connectivity index (χ3n) is 6.27. The van der Waals surface area contributed by atoms with E-state index < -0.39 is 0 Å². The number of anilines is 1. The second-order valence-electron chi connectivity index (χ2n) is 9.50. The van der Waals surface area contributed by atoms with Crippen LogP contribution in [0, 0.1) is 11.8 Å². The molecule has 0 aliphatic heterocycles. The largest absolute Gasteiger partial charge is 0.382 e. The van der Waals surface area contributed by atoms with E-state index in [-0.39, 0.29) is 11.9 Å². The number of fused-ring (bicyclic) bond motifs is 1. The number of aromatic amines is 1. The van der Waals surface area contributed by atoms with Crippen LogP contribution in [0.5, 0.6) is 0 Å². The van der Waals surface area contributed by atoms with Crippen molar-refractivity contribution >= 4 is 40.3 Å². The van der Waals surface area contributed by atoms with Crippen LogP contribution >= 0.6 is 11.8 Å². The number of H-pyrrole nitrogens is 1. The van der Waals surface area contributed by atoms with E-state index in [1.165, 1.54) is 11.8 Å². The molecule has 0 aliphatic rings. The molecule has 12 heteroatoms. The number of hydrogen-bond acceptors (Lipinski definition) is 8. The first kappa shape index (κ1) is 33.5. The summed E-state index contributed by atoms with van der Waals surface area (Å²) in [4.78, 5) is 26.4. The number of benzene rings is 3. The maximum atomic E-state index is 12.3. The lowest BCUT2D eigenvalue weighted by Gasteiger charge is -2.09. The molecule has 0 unspecified atom stereocenters. The minimum Gasteiger partial charge on any atom is -0.382 e. The molecule has 236 valence electrons. The maximum Gasteiger partial charge on any atom is 0.319 e. The van der Waals surface area contributed by atoms with Gasteiger partial charge in [-0.3, -0.25) is 9.89 Å². The highest BCUT2D eigenvalue weighted by Crippen LogP contribution is 2.32. The van der Waals surface area contributed by atoms with Crippen LogP contribution in [-0.2, 0) is 18.9 Å². The molecule has 1 heterocycles. The molecule has 3 aromatic carbocycles. The first-order valence-corrected chi connectivity index (χ1v) is 15.2. The average molecular weight is 632 g/mol. The third-order valence-corrected chi connectivity index (χ3v) is 7.34. The van der Waals surface area contributed by atoms with E-state index in [1.54, 1.807) is 32.4 Å². The lowest BCUT2D eigenvalue weighted by atomic mass is 10.1. The molecule has 45 heavy (non-hydrogen) atoms. The van der Waals surface area contributed by atoms with Crippen molar-refractivity contribution < 1.29 is 28.5 Å². The number of methoxy groups -OCH3 is 1. The van der Waals surface area contributed by atoms with Gasteiger partial charge in [0.1, 0.15) is 5.69 Å². The fraction of sp³-hybridized carbons (Fsp3) is 0.303. The van der Waals surface area contributed by atoms with E-state index in [4.69, 9.17) is 18.9 Å². The monoisotopic (exact) mass is 631 g/mol. The quantitative estimate of drug-likeness (QED) is 0.106. The normalized spacial score (nSPS) is 10.7. The number of hydrogen-bond donors (Lipinski definition) is 4. The van der Waals surface area contributed by atoms with Gasteiger partial charge in [-0.25, -0.2) is 4.79 Å². The Morgan fingerprint density at radius 2 is 1.62 bits per heavy atom. The molecule has 0 aliphatic carbocycles. The molecule has 11 nitrogen and oxygen atoms in total. The fourth-order valence-electron chi connectivity index (χ4n) is 4.06. The van der Waals surface area contributed by atoms with E-state index in [0.29, 0.717) is 69.7 Å². The number of nitrogens with one attached hydrogen (secondary N) is 4. The van der Waals surface area contributed by atoms with Crippen LogP contribution in [0.15, 0.2) is 76.5 Å². The Bertz CT molecular complexity index is 1620. The Morgan fingerprint density at radius 1 is 0.867 bits per heavy atom. The fourth-order valence-corrected chi connectivity index (χ4v) is 5.05. The van der Waals surface area contributed by atoms with Crippen LogP contribution in [0.1, 0.15) is 21.6 Å². The number of carbonyl (C=O) groups is 2. The number of carbonyl (C=O) groups excluding carboxylic acids is 2. The van der Waals surface area contributed by atoms with Crippen molar-refractivity contribution in [3.63, 3.8) is 0 Å². The van der Waals surface area contributed by atoms with Crippen LogP contribution in [-0.4, -0.2) is 89.1 Å². The number of aromatic nitrogens is 2. The van der Waals surface area contributed by atoms with Gasteiger partial charge in [-0.15, -0.1) is 0 Å². The summed E-state index contributed by atoms with van der Waals surface area (Å²) < 4.78 is 21.1. The van der Waals surface area contributed by atoms with E-state index in [2.05, 4.69) is 38.0 Å². The molecule has 0 bridgehead atoms. The van der Waals surface area contributed by atoms with Gasteiger partial charge in [-0.05, 0) is 54.5 Å². The zero-order chi connectivity index (χ0) is 31.7. The summed E-state index contributed by atoms with van der Waals surface area (Å²) in [5, 5.41) is 16.6. The summed E-state index contributed by atoms with van der Waals surface area (Å²) >= 11 is 1.51. The van der Waals surface area contributed by atoms with Gasteiger partial charge in [0, 0.05) is 47.1 Å². The van der Waals surface area contributed by atoms with Gasteiger partial charge in [0.2, 0.25) is 0 Å². The van der Waals surface area contributed by atoms with Crippen molar-refractivity contribution in [3.05, 3.63) is 83.6 Å². The molecule has 0 spiro atoms. The SMILES string of the molecule is CNC(=O)c1ccccc1Sc1ccc2c(C#Cc3cccc(NC(=O)NCCOCCOCCOCCOC)c3)n[nH]c2c1. The van der Waals surface area contributed by atoms with E-state index in [1.807, 2.05) is 48.5 Å². The molecule has 3 amide bonds. The summed E-state index contributed by atoms with van der Waals surface area (Å²) in [6.45, 7) is 3.73. The third kappa shape index (κ3) is 10.9.